The van der Waals surface area contributed by atoms with Gasteiger partial charge in [-0.25, -0.2) is 9.97 Å². The zero-order valence-electron chi connectivity index (χ0n) is 23.5. The van der Waals surface area contributed by atoms with E-state index in [4.69, 9.17) is 4.43 Å². The Morgan fingerprint density at radius 2 is 1.23 bits per heavy atom. The van der Waals surface area contributed by atoms with E-state index in [2.05, 4.69) is 67.7 Å². The van der Waals surface area contributed by atoms with Crippen molar-refractivity contribution < 1.29 is 4.43 Å². The van der Waals surface area contributed by atoms with Crippen LogP contribution < -0.4 is 0 Å². The quantitative estimate of drug-likeness (QED) is 0.143. The van der Waals surface area contributed by atoms with Crippen molar-refractivity contribution in [1.29, 1.82) is 0 Å². The molecule has 0 radical (unpaired) electrons. The lowest BCUT2D eigenvalue weighted by Gasteiger charge is -2.23. The maximum atomic E-state index is 6.13. The van der Waals surface area contributed by atoms with E-state index >= 15 is 0 Å². The predicted molar refractivity (Wildman–Crippen MR) is 154 cm³/mol. The van der Waals surface area contributed by atoms with Crippen LogP contribution in [0.1, 0.15) is 109 Å². The molecule has 0 aliphatic carbocycles. The average molecular weight is 497 g/mol. The third-order valence-corrected chi connectivity index (χ3v) is 7.74. The van der Waals surface area contributed by atoms with Crippen LogP contribution in [0.3, 0.4) is 0 Å². The molecule has 196 valence electrons. The summed E-state index contributed by atoms with van der Waals surface area (Å²) in [4.78, 5) is 9.27. The number of aromatic nitrogens is 2. The summed E-state index contributed by atoms with van der Waals surface area (Å²) in [6, 6.07) is 9.01. The van der Waals surface area contributed by atoms with Gasteiger partial charge in [0.25, 0.3) is 0 Å². The Balaban J connectivity index is 1.61. The van der Waals surface area contributed by atoms with Crippen molar-refractivity contribution in [2.45, 2.75) is 136 Å². The standard InChI is InChI=1S/C31H52N2OSi/c1-6-7-8-9-10-11-12-16-19-28-21-23-29(24-22-28)30-25-32-31(33-26-30)20-17-14-13-15-18-27(2)34-35(3,4)5/h21-27H,6-20H2,1-5H3. The van der Waals surface area contributed by atoms with Crippen LogP contribution in [-0.4, -0.2) is 24.4 Å². The Morgan fingerprint density at radius 3 is 1.83 bits per heavy atom. The summed E-state index contributed by atoms with van der Waals surface area (Å²) in [7, 11) is -1.40. The maximum Gasteiger partial charge on any atom is 0.184 e. The van der Waals surface area contributed by atoms with E-state index in [9.17, 15) is 0 Å². The molecule has 0 amide bonds. The zero-order chi connectivity index (χ0) is 25.4. The van der Waals surface area contributed by atoms with Crippen molar-refractivity contribution in [1.82, 2.24) is 9.97 Å². The summed E-state index contributed by atoms with van der Waals surface area (Å²) < 4.78 is 6.13. The summed E-state index contributed by atoms with van der Waals surface area (Å²) >= 11 is 0. The molecule has 0 aliphatic rings. The molecule has 4 heteroatoms. The average Bonchev–Trinajstić information content (AvgIpc) is 2.83. The number of rotatable bonds is 19. The molecule has 2 rings (SSSR count). The Labute approximate surface area is 217 Å². The highest BCUT2D eigenvalue weighted by Gasteiger charge is 2.17. The molecule has 0 fully saturated rings. The minimum atomic E-state index is -1.40. The molecule has 1 aromatic carbocycles. The molecule has 0 saturated carbocycles. The van der Waals surface area contributed by atoms with Crippen molar-refractivity contribution >= 4 is 8.32 Å². The zero-order valence-corrected chi connectivity index (χ0v) is 24.5. The highest BCUT2D eigenvalue weighted by molar-refractivity contribution is 6.69. The van der Waals surface area contributed by atoms with Crippen molar-refractivity contribution in [3.8, 4) is 11.1 Å². The van der Waals surface area contributed by atoms with Crippen LogP contribution in [0, 0.1) is 0 Å². The number of hydrogen-bond acceptors (Lipinski definition) is 3. The van der Waals surface area contributed by atoms with Gasteiger partial charge in [0.2, 0.25) is 0 Å². The monoisotopic (exact) mass is 496 g/mol. The first kappa shape index (κ1) is 29.7. The molecule has 1 atom stereocenters. The van der Waals surface area contributed by atoms with E-state index in [1.807, 2.05) is 12.4 Å². The Hall–Kier alpha value is -1.52. The molecule has 0 N–H and O–H groups in total. The van der Waals surface area contributed by atoms with Crippen molar-refractivity contribution in [2.75, 3.05) is 0 Å². The lowest BCUT2D eigenvalue weighted by atomic mass is 10.0. The van der Waals surface area contributed by atoms with E-state index in [0.29, 0.717) is 6.10 Å². The van der Waals surface area contributed by atoms with Gasteiger partial charge in [-0.05, 0) is 63.4 Å². The van der Waals surface area contributed by atoms with Crippen LogP contribution in [0.5, 0.6) is 0 Å². The Bertz CT molecular complexity index is 783. The number of aryl methyl sites for hydroxylation is 2. The molecule has 1 heterocycles. The minimum absolute atomic E-state index is 0.400. The van der Waals surface area contributed by atoms with Crippen LogP contribution in [0.2, 0.25) is 19.6 Å². The van der Waals surface area contributed by atoms with Gasteiger partial charge in [-0.15, -0.1) is 0 Å². The van der Waals surface area contributed by atoms with Gasteiger partial charge in [0.15, 0.2) is 8.32 Å². The van der Waals surface area contributed by atoms with Crippen molar-refractivity contribution in [3.05, 3.63) is 48.0 Å². The predicted octanol–water partition coefficient (Wildman–Crippen LogP) is 9.56. The van der Waals surface area contributed by atoms with Gasteiger partial charge in [0, 0.05) is 30.5 Å². The molecule has 1 unspecified atom stereocenters. The van der Waals surface area contributed by atoms with Crippen LogP contribution in [-0.2, 0) is 17.3 Å². The summed E-state index contributed by atoms with van der Waals surface area (Å²) in [6.07, 6.45) is 23.6. The molecule has 0 spiro atoms. The summed E-state index contributed by atoms with van der Waals surface area (Å²) in [5, 5.41) is 0. The largest absolute Gasteiger partial charge is 0.415 e. The Kier molecular flexibility index (Phi) is 14.4. The van der Waals surface area contributed by atoms with Crippen molar-refractivity contribution in [2.24, 2.45) is 0 Å². The summed E-state index contributed by atoms with van der Waals surface area (Å²) in [5.74, 6) is 0.968. The fraction of sp³-hybridized carbons (Fsp3) is 0.677. The molecule has 1 aromatic heterocycles. The van der Waals surface area contributed by atoms with E-state index in [1.54, 1.807) is 0 Å². The highest BCUT2D eigenvalue weighted by Crippen LogP contribution is 2.20. The summed E-state index contributed by atoms with van der Waals surface area (Å²) in [6.45, 7) is 11.3. The third kappa shape index (κ3) is 14.0. The fourth-order valence-electron chi connectivity index (χ4n) is 4.69. The van der Waals surface area contributed by atoms with E-state index in [0.717, 1.165) is 24.2 Å². The van der Waals surface area contributed by atoms with Gasteiger partial charge in [-0.1, -0.05) is 95.4 Å². The van der Waals surface area contributed by atoms with E-state index in [1.165, 1.54) is 94.6 Å². The number of hydrogen-bond donors (Lipinski definition) is 0. The second-order valence-corrected chi connectivity index (χ2v) is 15.8. The number of benzene rings is 1. The smallest absolute Gasteiger partial charge is 0.184 e. The van der Waals surface area contributed by atoms with Crippen LogP contribution in [0.25, 0.3) is 11.1 Å². The molecular formula is C31H52N2OSi. The SMILES string of the molecule is CCCCCCCCCCc1ccc(-c2cnc(CCCCCCC(C)O[Si](C)(C)C)nc2)cc1. The minimum Gasteiger partial charge on any atom is -0.415 e. The van der Waals surface area contributed by atoms with Gasteiger partial charge in [0.1, 0.15) is 5.82 Å². The lowest BCUT2D eigenvalue weighted by Crippen LogP contribution is -2.30. The van der Waals surface area contributed by atoms with E-state index < -0.39 is 8.32 Å². The first-order valence-electron chi connectivity index (χ1n) is 14.5. The van der Waals surface area contributed by atoms with Crippen molar-refractivity contribution in [3.63, 3.8) is 0 Å². The molecule has 0 aliphatic heterocycles. The van der Waals surface area contributed by atoms with Crippen LogP contribution in [0.4, 0.5) is 0 Å². The highest BCUT2D eigenvalue weighted by atomic mass is 28.4. The third-order valence-electron chi connectivity index (χ3n) is 6.63. The van der Waals surface area contributed by atoms with Gasteiger partial charge in [-0.2, -0.15) is 0 Å². The first-order valence-corrected chi connectivity index (χ1v) is 17.9. The maximum absolute atomic E-state index is 6.13. The molecule has 2 aromatic rings. The Morgan fingerprint density at radius 1 is 0.686 bits per heavy atom. The number of unbranched alkanes of at least 4 members (excludes halogenated alkanes) is 10. The molecule has 0 bridgehead atoms. The second-order valence-electron chi connectivity index (χ2n) is 11.3. The topological polar surface area (TPSA) is 35.0 Å². The molecule has 35 heavy (non-hydrogen) atoms. The van der Waals surface area contributed by atoms with Crippen LogP contribution >= 0.6 is 0 Å². The number of nitrogens with zero attached hydrogens (tertiary/aromatic N) is 2. The first-order chi connectivity index (χ1) is 16.9. The van der Waals surface area contributed by atoms with Gasteiger partial charge < -0.3 is 4.43 Å². The normalized spacial score (nSPS) is 12.7. The van der Waals surface area contributed by atoms with Gasteiger partial charge in [-0.3, -0.25) is 0 Å². The molecular weight excluding hydrogens is 444 g/mol. The fourth-order valence-corrected chi connectivity index (χ4v) is 6.02. The van der Waals surface area contributed by atoms with E-state index in [-0.39, 0.29) is 0 Å². The van der Waals surface area contributed by atoms with Gasteiger partial charge in [0.05, 0.1) is 0 Å². The van der Waals surface area contributed by atoms with Gasteiger partial charge >= 0.3 is 0 Å². The van der Waals surface area contributed by atoms with Crippen LogP contribution in [0.15, 0.2) is 36.7 Å². The lowest BCUT2D eigenvalue weighted by molar-refractivity contribution is 0.199. The summed E-state index contributed by atoms with van der Waals surface area (Å²) in [5.41, 5.74) is 3.77. The molecule has 0 saturated heterocycles. The second kappa shape index (κ2) is 17.0. The molecule has 3 nitrogen and oxygen atoms in total.